The lowest BCUT2D eigenvalue weighted by atomic mass is 10.1. The SMILES string of the molecule is CC1CCN(C(=O)OC2COC2)C1C. The zero-order valence-electron chi connectivity index (χ0n) is 8.73. The van der Waals surface area contributed by atoms with Crippen LogP contribution in [0.15, 0.2) is 0 Å². The van der Waals surface area contributed by atoms with Crippen molar-refractivity contribution in [2.75, 3.05) is 19.8 Å². The second-order valence-electron chi connectivity index (χ2n) is 4.24. The van der Waals surface area contributed by atoms with Crippen LogP contribution in [0.2, 0.25) is 0 Å². The second-order valence-corrected chi connectivity index (χ2v) is 4.24. The molecule has 2 rings (SSSR count). The van der Waals surface area contributed by atoms with Crippen molar-refractivity contribution in [2.24, 2.45) is 5.92 Å². The van der Waals surface area contributed by atoms with Gasteiger partial charge in [-0.2, -0.15) is 0 Å². The van der Waals surface area contributed by atoms with Crippen LogP contribution in [0.3, 0.4) is 0 Å². The summed E-state index contributed by atoms with van der Waals surface area (Å²) in [6.45, 7) is 6.20. The summed E-state index contributed by atoms with van der Waals surface area (Å²) in [6.07, 6.45) is 0.901. The van der Waals surface area contributed by atoms with Gasteiger partial charge in [-0.1, -0.05) is 6.92 Å². The van der Waals surface area contributed by atoms with Crippen LogP contribution in [0.1, 0.15) is 20.3 Å². The molecule has 2 atom stereocenters. The third-order valence-electron chi connectivity index (χ3n) is 3.25. The predicted octanol–water partition coefficient (Wildman–Crippen LogP) is 1.25. The summed E-state index contributed by atoms with van der Waals surface area (Å²) in [5.74, 6) is 0.584. The van der Waals surface area contributed by atoms with E-state index in [1.807, 2.05) is 4.90 Å². The van der Waals surface area contributed by atoms with Crippen molar-refractivity contribution in [3.63, 3.8) is 0 Å². The Morgan fingerprint density at radius 2 is 2.14 bits per heavy atom. The third kappa shape index (κ3) is 1.71. The second kappa shape index (κ2) is 3.77. The van der Waals surface area contributed by atoms with Crippen molar-refractivity contribution in [3.05, 3.63) is 0 Å². The number of likely N-dealkylation sites (tertiary alicyclic amines) is 1. The van der Waals surface area contributed by atoms with E-state index < -0.39 is 0 Å². The van der Waals surface area contributed by atoms with Gasteiger partial charge < -0.3 is 14.4 Å². The normalized spacial score (nSPS) is 32.9. The van der Waals surface area contributed by atoms with Crippen molar-refractivity contribution in [1.82, 2.24) is 4.90 Å². The number of ether oxygens (including phenoxy) is 2. The zero-order chi connectivity index (χ0) is 10.1. The average molecular weight is 199 g/mol. The molecule has 2 saturated heterocycles. The molecule has 2 aliphatic rings. The van der Waals surface area contributed by atoms with E-state index in [2.05, 4.69) is 13.8 Å². The van der Waals surface area contributed by atoms with Crippen LogP contribution in [0.5, 0.6) is 0 Å². The Labute approximate surface area is 84.2 Å². The highest BCUT2D eigenvalue weighted by atomic mass is 16.6. The molecular formula is C10H17NO3. The molecule has 0 bridgehead atoms. The highest BCUT2D eigenvalue weighted by molar-refractivity contribution is 5.68. The maximum atomic E-state index is 11.7. The molecule has 14 heavy (non-hydrogen) atoms. The number of rotatable bonds is 1. The summed E-state index contributed by atoms with van der Waals surface area (Å²) >= 11 is 0. The van der Waals surface area contributed by atoms with Gasteiger partial charge in [0.1, 0.15) is 0 Å². The lowest BCUT2D eigenvalue weighted by Crippen LogP contribution is -2.43. The molecule has 2 heterocycles. The lowest BCUT2D eigenvalue weighted by molar-refractivity contribution is -0.105. The minimum absolute atomic E-state index is 0.00870. The Hall–Kier alpha value is -0.770. The fourth-order valence-corrected chi connectivity index (χ4v) is 1.84. The lowest BCUT2D eigenvalue weighted by Gasteiger charge is -2.29. The molecule has 0 aliphatic carbocycles. The molecule has 0 saturated carbocycles. The van der Waals surface area contributed by atoms with E-state index in [1.54, 1.807) is 0 Å². The maximum absolute atomic E-state index is 11.7. The summed E-state index contributed by atoms with van der Waals surface area (Å²) in [6, 6.07) is 0.309. The van der Waals surface area contributed by atoms with Crippen LogP contribution >= 0.6 is 0 Å². The van der Waals surface area contributed by atoms with Crippen molar-refractivity contribution < 1.29 is 14.3 Å². The van der Waals surface area contributed by atoms with Crippen molar-refractivity contribution in [1.29, 1.82) is 0 Å². The first kappa shape index (κ1) is 9.77. The van der Waals surface area contributed by atoms with E-state index in [4.69, 9.17) is 9.47 Å². The Balaban J connectivity index is 1.84. The first-order valence-electron chi connectivity index (χ1n) is 5.23. The molecule has 0 spiro atoms. The van der Waals surface area contributed by atoms with Gasteiger partial charge in [0.2, 0.25) is 0 Å². The van der Waals surface area contributed by atoms with E-state index in [9.17, 15) is 4.79 Å². The third-order valence-corrected chi connectivity index (χ3v) is 3.25. The van der Waals surface area contributed by atoms with Crippen molar-refractivity contribution in [2.45, 2.75) is 32.4 Å². The predicted molar refractivity (Wildman–Crippen MR) is 51.0 cm³/mol. The topological polar surface area (TPSA) is 38.8 Å². The Morgan fingerprint density at radius 1 is 1.43 bits per heavy atom. The van der Waals surface area contributed by atoms with Gasteiger partial charge in [-0.3, -0.25) is 0 Å². The first-order chi connectivity index (χ1) is 6.68. The van der Waals surface area contributed by atoms with Crippen LogP contribution in [-0.2, 0) is 9.47 Å². The Kier molecular flexibility index (Phi) is 2.63. The van der Waals surface area contributed by atoms with Gasteiger partial charge in [-0.15, -0.1) is 0 Å². The smallest absolute Gasteiger partial charge is 0.410 e. The molecule has 2 aliphatic heterocycles. The minimum atomic E-state index is -0.171. The number of amides is 1. The van der Waals surface area contributed by atoms with Gasteiger partial charge in [0.05, 0.1) is 13.2 Å². The van der Waals surface area contributed by atoms with Gasteiger partial charge in [-0.05, 0) is 19.3 Å². The molecule has 0 radical (unpaired) electrons. The highest BCUT2D eigenvalue weighted by Crippen LogP contribution is 2.24. The van der Waals surface area contributed by atoms with Gasteiger partial charge in [0.25, 0.3) is 0 Å². The van der Waals surface area contributed by atoms with Crippen LogP contribution in [0, 0.1) is 5.92 Å². The summed E-state index contributed by atoms with van der Waals surface area (Å²) < 4.78 is 10.2. The fourth-order valence-electron chi connectivity index (χ4n) is 1.84. The van der Waals surface area contributed by atoms with Crippen molar-refractivity contribution >= 4 is 6.09 Å². The zero-order valence-corrected chi connectivity index (χ0v) is 8.73. The van der Waals surface area contributed by atoms with Gasteiger partial charge >= 0.3 is 6.09 Å². The monoisotopic (exact) mass is 199 g/mol. The molecule has 4 heteroatoms. The van der Waals surface area contributed by atoms with Crippen LogP contribution in [0.25, 0.3) is 0 Å². The molecule has 2 fully saturated rings. The molecule has 1 amide bonds. The maximum Gasteiger partial charge on any atom is 0.410 e. The fraction of sp³-hybridized carbons (Fsp3) is 0.900. The van der Waals surface area contributed by atoms with E-state index >= 15 is 0 Å². The summed E-state index contributed by atoms with van der Waals surface area (Å²) in [5, 5.41) is 0. The molecule has 4 nitrogen and oxygen atoms in total. The molecule has 0 aromatic heterocycles. The first-order valence-corrected chi connectivity index (χ1v) is 5.23. The van der Waals surface area contributed by atoms with E-state index in [0.29, 0.717) is 25.2 Å². The molecule has 2 unspecified atom stereocenters. The van der Waals surface area contributed by atoms with E-state index in [0.717, 1.165) is 13.0 Å². The molecular weight excluding hydrogens is 182 g/mol. The van der Waals surface area contributed by atoms with E-state index in [1.165, 1.54) is 0 Å². The van der Waals surface area contributed by atoms with Gasteiger partial charge in [0.15, 0.2) is 6.10 Å². The van der Waals surface area contributed by atoms with Crippen LogP contribution in [0.4, 0.5) is 4.79 Å². The van der Waals surface area contributed by atoms with Gasteiger partial charge in [-0.25, -0.2) is 4.79 Å². The van der Waals surface area contributed by atoms with Gasteiger partial charge in [0, 0.05) is 12.6 Å². The molecule has 0 aromatic carbocycles. The average Bonchev–Trinajstić information content (AvgIpc) is 2.41. The molecule has 0 N–H and O–H groups in total. The van der Waals surface area contributed by atoms with Crippen molar-refractivity contribution in [3.8, 4) is 0 Å². The number of nitrogens with zero attached hydrogens (tertiary/aromatic N) is 1. The largest absolute Gasteiger partial charge is 0.441 e. The highest BCUT2D eigenvalue weighted by Gasteiger charge is 2.34. The summed E-state index contributed by atoms with van der Waals surface area (Å²) in [4.78, 5) is 13.5. The Morgan fingerprint density at radius 3 is 2.57 bits per heavy atom. The van der Waals surface area contributed by atoms with Crippen LogP contribution < -0.4 is 0 Å². The Bertz CT molecular complexity index is 227. The van der Waals surface area contributed by atoms with E-state index in [-0.39, 0.29) is 12.2 Å². The number of hydrogen-bond acceptors (Lipinski definition) is 3. The number of hydrogen-bond donors (Lipinski definition) is 0. The summed E-state index contributed by atoms with van der Waals surface area (Å²) in [5.41, 5.74) is 0. The minimum Gasteiger partial charge on any atom is -0.441 e. The number of carbonyl (C=O) groups excluding carboxylic acids is 1. The van der Waals surface area contributed by atoms with Crippen LogP contribution in [-0.4, -0.2) is 42.9 Å². The summed E-state index contributed by atoms with van der Waals surface area (Å²) in [7, 11) is 0. The standard InChI is InChI=1S/C10H17NO3/c1-7-3-4-11(8(7)2)10(12)14-9-5-13-6-9/h7-9H,3-6H2,1-2H3. The molecule has 80 valence electrons. The molecule has 0 aromatic rings. The quantitative estimate of drug-likeness (QED) is 0.638. The number of carbonyl (C=O) groups is 1.